The SMILES string of the molecule is CCC(NC(=O)c1ccc2ccccc2c1OCCOc1ccc(F)cc1)C(=O)O. The van der Waals surface area contributed by atoms with Gasteiger partial charge in [-0.05, 0) is 42.1 Å². The van der Waals surface area contributed by atoms with E-state index in [9.17, 15) is 19.1 Å². The van der Waals surface area contributed by atoms with E-state index in [-0.39, 0.29) is 31.0 Å². The normalized spacial score (nSPS) is 11.7. The Morgan fingerprint density at radius 2 is 1.70 bits per heavy atom. The van der Waals surface area contributed by atoms with Crippen LogP contribution in [0.3, 0.4) is 0 Å². The third-order valence-electron chi connectivity index (χ3n) is 4.55. The molecule has 0 heterocycles. The summed E-state index contributed by atoms with van der Waals surface area (Å²) in [5, 5.41) is 13.4. The highest BCUT2D eigenvalue weighted by Gasteiger charge is 2.22. The molecule has 0 radical (unpaired) electrons. The number of carboxylic acid groups (broad SMARTS) is 1. The van der Waals surface area contributed by atoms with E-state index in [2.05, 4.69) is 5.32 Å². The molecule has 3 rings (SSSR count). The zero-order valence-electron chi connectivity index (χ0n) is 16.4. The number of carboxylic acids is 1. The second-order valence-corrected chi connectivity index (χ2v) is 6.59. The van der Waals surface area contributed by atoms with Crippen molar-refractivity contribution in [1.29, 1.82) is 0 Å². The largest absolute Gasteiger partial charge is 0.490 e. The molecule has 1 unspecified atom stereocenters. The molecule has 7 heteroatoms. The highest BCUT2D eigenvalue weighted by atomic mass is 19.1. The van der Waals surface area contributed by atoms with Gasteiger partial charge in [-0.2, -0.15) is 0 Å². The lowest BCUT2D eigenvalue weighted by Gasteiger charge is -2.17. The van der Waals surface area contributed by atoms with Gasteiger partial charge in [-0.3, -0.25) is 4.79 Å². The maximum absolute atomic E-state index is 13.0. The molecule has 30 heavy (non-hydrogen) atoms. The third-order valence-corrected chi connectivity index (χ3v) is 4.55. The number of aliphatic carboxylic acids is 1. The molecular weight excluding hydrogens is 389 g/mol. The predicted octanol–water partition coefficient (Wildman–Crippen LogP) is 4.03. The van der Waals surface area contributed by atoms with Gasteiger partial charge in [-0.25, -0.2) is 9.18 Å². The quantitative estimate of drug-likeness (QED) is 0.520. The van der Waals surface area contributed by atoms with Crippen molar-refractivity contribution in [3.63, 3.8) is 0 Å². The standard InChI is InChI=1S/C23H22FNO5/c1-2-20(23(27)28)25-22(26)19-12-7-15-5-3-4-6-18(15)21(19)30-14-13-29-17-10-8-16(24)9-11-17/h3-12,20H,2,13-14H2,1H3,(H,25,26)(H,27,28). The molecule has 0 saturated heterocycles. The zero-order valence-corrected chi connectivity index (χ0v) is 16.4. The highest BCUT2D eigenvalue weighted by Crippen LogP contribution is 2.30. The number of halogens is 1. The molecule has 1 amide bonds. The van der Waals surface area contributed by atoms with E-state index < -0.39 is 17.9 Å². The zero-order chi connectivity index (χ0) is 21.5. The fraction of sp³-hybridized carbons (Fsp3) is 0.217. The Bertz CT molecular complexity index is 1040. The number of amides is 1. The predicted molar refractivity (Wildman–Crippen MR) is 111 cm³/mol. The molecule has 0 aromatic heterocycles. The summed E-state index contributed by atoms with van der Waals surface area (Å²) in [7, 11) is 0. The lowest BCUT2D eigenvalue weighted by Crippen LogP contribution is -2.40. The van der Waals surface area contributed by atoms with E-state index in [0.717, 1.165) is 10.8 Å². The maximum atomic E-state index is 13.0. The van der Waals surface area contributed by atoms with Crippen molar-refractivity contribution in [2.24, 2.45) is 0 Å². The van der Waals surface area contributed by atoms with Crippen LogP contribution >= 0.6 is 0 Å². The average Bonchev–Trinajstić information content (AvgIpc) is 2.75. The minimum absolute atomic E-state index is 0.141. The van der Waals surface area contributed by atoms with Crippen LogP contribution in [0.1, 0.15) is 23.7 Å². The Kier molecular flexibility index (Phi) is 6.85. The number of hydrogen-bond donors (Lipinski definition) is 2. The average molecular weight is 411 g/mol. The van der Waals surface area contributed by atoms with E-state index >= 15 is 0 Å². The summed E-state index contributed by atoms with van der Waals surface area (Å²) in [6, 6.07) is 15.5. The van der Waals surface area contributed by atoms with E-state index in [1.807, 2.05) is 24.3 Å². The summed E-state index contributed by atoms with van der Waals surface area (Å²) in [5.41, 5.74) is 0.246. The number of nitrogens with one attached hydrogen (secondary N) is 1. The molecule has 1 atom stereocenters. The fourth-order valence-electron chi connectivity index (χ4n) is 2.99. The molecular formula is C23H22FNO5. The van der Waals surface area contributed by atoms with Crippen molar-refractivity contribution in [2.75, 3.05) is 13.2 Å². The third kappa shape index (κ3) is 5.05. The molecule has 6 nitrogen and oxygen atoms in total. The van der Waals surface area contributed by atoms with Crippen LogP contribution in [0.2, 0.25) is 0 Å². The number of rotatable bonds is 9. The first kappa shape index (κ1) is 21.1. The number of fused-ring (bicyclic) bond motifs is 1. The lowest BCUT2D eigenvalue weighted by atomic mass is 10.0. The molecule has 3 aromatic carbocycles. The summed E-state index contributed by atoms with van der Waals surface area (Å²) >= 11 is 0. The van der Waals surface area contributed by atoms with Crippen LogP contribution in [0.5, 0.6) is 11.5 Å². The van der Waals surface area contributed by atoms with E-state index in [0.29, 0.717) is 11.5 Å². The van der Waals surface area contributed by atoms with Crippen LogP contribution in [0.25, 0.3) is 10.8 Å². The molecule has 0 aliphatic rings. The second kappa shape index (κ2) is 9.73. The minimum Gasteiger partial charge on any atom is -0.490 e. The van der Waals surface area contributed by atoms with Crippen LogP contribution in [0.4, 0.5) is 4.39 Å². The molecule has 0 spiro atoms. The Morgan fingerprint density at radius 3 is 2.40 bits per heavy atom. The molecule has 0 aliphatic heterocycles. The molecule has 3 aromatic rings. The van der Waals surface area contributed by atoms with Crippen molar-refractivity contribution < 1.29 is 28.6 Å². The maximum Gasteiger partial charge on any atom is 0.326 e. The molecule has 0 saturated carbocycles. The smallest absolute Gasteiger partial charge is 0.326 e. The van der Waals surface area contributed by atoms with Gasteiger partial charge in [-0.1, -0.05) is 37.3 Å². The monoisotopic (exact) mass is 411 g/mol. The first-order valence-electron chi connectivity index (χ1n) is 9.56. The van der Waals surface area contributed by atoms with Crippen molar-refractivity contribution in [1.82, 2.24) is 5.32 Å². The first-order valence-corrected chi connectivity index (χ1v) is 9.56. The van der Waals surface area contributed by atoms with Crippen molar-refractivity contribution in [3.05, 3.63) is 72.0 Å². The fourth-order valence-corrected chi connectivity index (χ4v) is 2.99. The first-order chi connectivity index (χ1) is 14.5. The van der Waals surface area contributed by atoms with E-state index in [1.54, 1.807) is 19.1 Å². The Hall–Kier alpha value is -3.61. The number of hydrogen-bond acceptors (Lipinski definition) is 4. The minimum atomic E-state index is -1.10. The summed E-state index contributed by atoms with van der Waals surface area (Å²) in [4.78, 5) is 24.0. The van der Waals surface area contributed by atoms with Crippen molar-refractivity contribution in [2.45, 2.75) is 19.4 Å². The van der Waals surface area contributed by atoms with Gasteiger partial charge < -0.3 is 19.9 Å². The summed E-state index contributed by atoms with van der Waals surface area (Å²) in [6.07, 6.45) is 0.260. The van der Waals surface area contributed by atoms with Gasteiger partial charge >= 0.3 is 5.97 Å². The van der Waals surface area contributed by atoms with Crippen LogP contribution in [-0.2, 0) is 4.79 Å². The van der Waals surface area contributed by atoms with Crippen LogP contribution < -0.4 is 14.8 Å². The number of carbonyl (C=O) groups excluding carboxylic acids is 1. The molecule has 156 valence electrons. The Morgan fingerprint density at radius 1 is 1.00 bits per heavy atom. The van der Waals surface area contributed by atoms with Gasteiger partial charge in [-0.15, -0.1) is 0 Å². The summed E-state index contributed by atoms with van der Waals surface area (Å²) < 4.78 is 24.4. The number of benzene rings is 3. The Labute approximate surface area is 173 Å². The Balaban J connectivity index is 1.78. The topological polar surface area (TPSA) is 84.9 Å². The van der Waals surface area contributed by atoms with Crippen LogP contribution in [0, 0.1) is 5.82 Å². The van der Waals surface area contributed by atoms with Crippen molar-refractivity contribution in [3.8, 4) is 11.5 Å². The van der Waals surface area contributed by atoms with Gasteiger partial charge in [0.15, 0.2) is 0 Å². The van der Waals surface area contributed by atoms with Gasteiger partial charge in [0.2, 0.25) is 0 Å². The van der Waals surface area contributed by atoms with Gasteiger partial charge in [0.25, 0.3) is 5.91 Å². The van der Waals surface area contributed by atoms with Crippen LogP contribution in [0.15, 0.2) is 60.7 Å². The van der Waals surface area contributed by atoms with Crippen molar-refractivity contribution >= 4 is 22.6 Å². The van der Waals surface area contributed by atoms with Gasteiger partial charge in [0.1, 0.15) is 36.6 Å². The number of ether oxygens (including phenoxy) is 2. The summed E-state index contributed by atoms with van der Waals surface area (Å²) in [6.45, 7) is 2.01. The van der Waals surface area contributed by atoms with Crippen LogP contribution in [-0.4, -0.2) is 36.2 Å². The summed E-state index contributed by atoms with van der Waals surface area (Å²) in [5.74, 6) is -1.11. The molecule has 0 aliphatic carbocycles. The van der Waals surface area contributed by atoms with Gasteiger partial charge in [0.05, 0.1) is 5.56 Å². The number of carbonyl (C=O) groups is 2. The van der Waals surface area contributed by atoms with Gasteiger partial charge in [0, 0.05) is 5.39 Å². The molecule has 0 fully saturated rings. The van der Waals surface area contributed by atoms with E-state index in [4.69, 9.17) is 9.47 Å². The van der Waals surface area contributed by atoms with E-state index in [1.165, 1.54) is 24.3 Å². The highest BCUT2D eigenvalue weighted by molar-refractivity contribution is 6.04. The molecule has 2 N–H and O–H groups in total. The molecule has 0 bridgehead atoms. The second-order valence-electron chi connectivity index (χ2n) is 6.59. The lowest BCUT2D eigenvalue weighted by molar-refractivity contribution is -0.139.